The molecule has 0 fully saturated rings. The lowest BCUT2D eigenvalue weighted by molar-refractivity contribution is 0.0940. The predicted octanol–water partition coefficient (Wildman–Crippen LogP) is 2.64. The first-order valence-corrected chi connectivity index (χ1v) is 9.06. The molecule has 0 aliphatic heterocycles. The molecule has 4 rings (SSSR count). The number of nitrogens with one attached hydrogen (secondary N) is 1. The molecule has 0 aromatic carbocycles. The van der Waals surface area contributed by atoms with Gasteiger partial charge in [0.15, 0.2) is 0 Å². The van der Waals surface area contributed by atoms with E-state index in [2.05, 4.69) is 25.7 Å². The number of aromatic nitrogens is 6. The molecule has 1 atom stereocenters. The number of hydrogen-bond donors (Lipinski definition) is 1. The van der Waals surface area contributed by atoms with Crippen LogP contribution in [-0.2, 0) is 13.6 Å². The number of aryl methyl sites for hydroxylation is 3. The molecule has 4 aromatic rings. The van der Waals surface area contributed by atoms with Gasteiger partial charge in [-0.1, -0.05) is 5.16 Å². The van der Waals surface area contributed by atoms with Crippen molar-refractivity contribution in [2.24, 2.45) is 7.05 Å². The van der Waals surface area contributed by atoms with Crippen LogP contribution in [-0.4, -0.2) is 35.6 Å². The van der Waals surface area contributed by atoms with Gasteiger partial charge in [0.25, 0.3) is 11.6 Å². The number of fused-ring (bicyclic) bond motifs is 1. The van der Waals surface area contributed by atoms with Gasteiger partial charge < -0.3 is 9.84 Å². The molecule has 0 aliphatic carbocycles. The van der Waals surface area contributed by atoms with Crippen molar-refractivity contribution >= 4 is 17.0 Å². The van der Waals surface area contributed by atoms with Crippen LogP contribution < -0.4 is 5.32 Å². The molecular formula is C19H21N7O2. The minimum Gasteiger partial charge on any atom is -0.344 e. The summed E-state index contributed by atoms with van der Waals surface area (Å²) in [6.07, 6.45) is 5.26. The maximum Gasteiger partial charge on any atom is 0.259 e. The first-order valence-electron chi connectivity index (χ1n) is 9.06. The van der Waals surface area contributed by atoms with Crippen molar-refractivity contribution < 1.29 is 9.32 Å². The Hall–Kier alpha value is -3.49. The molecule has 0 aliphatic rings. The first-order chi connectivity index (χ1) is 13.5. The molecule has 0 spiro atoms. The molecule has 1 N–H and O–H groups in total. The Bertz CT molecular complexity index is 1150. The molecule has 9 heteroatoms. The van der Waals surface area contributed by atoms with Gasteiger partial charge in [-0.15, -0.1) is 0 Å². The van der Waals surface area contributed by atoms with E-state index in [-0.39, 0.29) is 11.9 Å². The summed E-state index contributed by atoms with van der Waals surface area (Å²) in [7, 11) is 1.83. The highest BCUT2D eigenvalue weighted by atomic mass is 16.5. The van der Waals surface area contributed by atoms with Crippen LogP contribution in [0, 0.1) is 6.92 Å². The van der Waals surface area contributed by atoms with Crippen LogP contribution in [0.15, 0.2) is 35.2 Å². The van der Waals surface area contributed by atoms with E-state index in [4.69, 9.17) is 4.52 Å². The maximum atomic E-state index is 13.1. The van der Waals surface area contributed by atoms with Gasteiger partial charge in [-0.25, -0.2) is 4.98 Å². The molecule has 1 amide bonds. The van der Waals surface area contributed by atoms with Crippen LogP contribution in [0.3, 0.4) is 0 Å². The average Bonchev–Trinajstić information content (AvgIpc) is 3.40. The fraction of sp³-hybridized carbons (Fsp3) is 0.316. The largest absolute Gasteiger partial charge is 0.344 e. The van der Waals surface area contributed by atoms with Crippen molar-refractivity contribution in [3.63, 3.8) is 0 Å². The molecule has 0 bridgehead atoms. The van der Waals surface area contributed by atoms with Crippen molar-refractivity contribution in [2.45, 2.75) is 33.4 Å². The fourth-order valence-corrected chi connectivity index (χ4v) is 3.30. The zero-order valence-corrected chi connectivity index (χ0v) is 16.2. The molecule has 4 aromatic heterocycles. The summed E-state index contributed by atoms with van der Waals surface area (Å²) in [5.41, 5.74) is 3.76. The highest BCUT2D eigenvalue weighted by Gasteiger charge is 2.22. The van der Waals surface area contributed by atoms with Gasteiger partial charge in [0.1, 0.15) is 0 Å². The summed E-state index contributed by atoms with van der Waals surface area (Å²) >= 11 is 0. The van der Waals surface area contributed by atoms with Crippen LogP contribution in [0.4, 0.5) is 0 Å². The zero-order valence-electron chi connectivity index (χ0n) is 16.2. The summed E-state index contributed by atoms with van der Waals surface area (Å²) in [6.45, 7) is 6.47. The van der Waals surface area contributed by atoms with E-state index in [1.165, 1.54) is 0 Å². The number of nitrogens with zero attached hydrogens (tertiary/aromatic N) is 6. The minimum atomic E-state index is -0.222. The van der Waals surface area contributed by atoms with E-state index in [1.54, 1.807) is 30.1 Å². The summed E-state index contributed by atoms with van der Waals surface area (Å²) in [6, 6.07) is 3.45. The Morgan fingerprint density at radius 2 is 2.18 bits per heavy atom. The van der Waals surface area contributed by atoms with E-state index in [0.29, 0.717) is 28.1 Å². The summed E-state index contributed by atoms with van der Waals surface area (Å²) in [4.78, 5) is 17.6. The lowest BCUT2D eigenvalue weighted by Gasteiger charge is -2.16. The molecule has 144 valence electrons. The molecule has 28 heavy (non-hydrogen) atoms. The first kappa shape index (κ1) is 17.9. The van der Waals surface area contributed by atoms with Gasteiger partial charge in [-0.2, -0.15) is 10.2 Å². The second-order valence-electron chi connectivity index (χ2n) is 6.67. The highest BCUT2D eigenvalue weighted by molar-refractivity contribution is 6.07. The van der Waals surface area contributed by atoms with Gasteiger partial charge >= 0.3 is 0 Å². The SMILES string of the molecule is CCn1nccc1[C@H](C)NC(=O)c1cc(-c2cnn(C)c2)nc2onc(C)c12. The number of amides is 1. The smallest absolute Gasteiger partial charge is 0.259 e. The predicted molar refractivity (Wildman–Crippen MR) is 103 cm³/mol. The van der Waals surface area contributed by atoms with Crippen molar-refractivity contribution in [1.29, 1.82) is 0 Å². The number of rotatable bonds is 5. The standard InChI is InChI=1S/C19H21N7O2/c1-5-26-16(6-7-20-26)11(2)22-18(27)14-8-15(13-9-21-25(4)10-13)23-19-17(14)12(3)24-28-19/h6-11H,5H2,1-4H3,(H,22,27)/t11-/m0/s1. The molecule has 9 nitrogen and oxygen atoms in total. The third kappa shape index (κ3) is 3.04. The zero-order chi connectivity index (χ0) is 19.8. The third-order valence-corrected chi connectivity index (χ3v) is 4.70. The van der Waals surface area contributed by atoms with Gasteiger partial charge in [-0.3, -0.25) is 14.2 Å². The normalized spacial score (nSPS) is 12.4. The second kappa shape index (κ2) is 6.91. The average molecular weight is 379 g/mol. The van der Waals surface area contributed by atoms with Gasteiger partial charge in [0.05, 0.1) is 40.3 Å². The van der Waals surface area contributed by atoms with Gasteiger partial charge in [0, 0.05) is 31.5 Å². The van der Waals surface area contributed by atoms with E-state index in [1.807, 2.05) is 37.8 Å². The Morgan fingerprint density at radius 1 is 1.36 bits per heavy atom. The number of pyridine rings is 1. The van der Waals surface area contributed by atoms with Crippen molar-refractivity contribution in [3.8, 4) is 11.3 Å². The molecular weight excluding hydrogens is 358 g/mol. The van der Waals surface area contributed by atoms with Crippen LogP contribution >= 0.6 is 0 Å². The Labute approximate surface area is 161 Å². The van der Waals surface area contributed by atoms with E-state index < -0.39 is 0 Å². The van der Waals surface area contributed by atoms with E-state index in [0.717, 1.165) is 17.8 Å². The quantitative estimate of drug-likeness (QED) is 0.572. The van der Waals surface area contributed by atoms with Crippen LogP contribution in [0.1, 0.15) is 41.6 Å². The minimum absolute atomic E-state index is 0.208. The van der Waals surface area contributed by atoms with Gasteiger partial charge in [0.2, 0.25) is 0 Å². The van der Waals surface area contributed by atoms with Crippen LogP contribution in [0.25, 0.3) is 22.4 Å². The van der Waals surface area contributed by atoms with Crippen molar-refractivity contribution in [1.82, 2.24) is 35.0 Å². The van der Waals surface area contributed by atoms with Crippen LogP contribution in [0.5, 0.6) is 0 Å². The lowest BCUT2D eigenvalue weighted by atomic mass is 10.1. The second-order valence-corrected chi connectivity index (χ2v) is 6.67. The molecule has 0 saturated heterocycles. The number of carbonyl (C=O) groups is 1. The lowest BCUT2D eigenvalue weighted by Crippen LogP contribution is -2.28. The number of carbonyl (C=O) groups excluding carboxylic acids is 1. The van der Waals surface area contributed by atoms with Crippen molar-refractivity contribution in [2.75, 3.05) is 0 Å². The molecule has 4 heterocycles. The fourth-order valence-electron chi connectivity index (χ4n) is 3.30. The summed E-state index contributed by atoms with van der Waals surface area (Å²) in [5, 5.41) is 16.1. The van der Waals surface area contributed by atoms with Crippen molar-refractivity contribution in [3.05, 3.63) is 47.7 Å². The Balaban J connectivity index is 1.74. The maximum absolute atomic E-state index is 13.1. The summed E-state index contributed by atoms with van der Waals surface area (Å²) < 4.78 is 8.88. The molecule has 0 unspecified atom stereocenters. The van der Waals surface area contributed by atoms with Gasteiger partial charge in [-0.05, 0) is 32.9 Å². The molecule has 0 radical (unpaired) electrons. The Morgan fingerprint density at radius 3 is 2.89 bits per heavy atom. The number of hydrogen-bond acceptors (Lipinski definition) is 6. The molecule has 0 saturated carbocycles. The third-order valence-electron chi connectivity index (χ3n) is 4.70. The van der Waals surface area contributed by atoms with E-state index >= 15 is 0 Å². The summed E-state index contributed by atoms with van der Waals surface area (Å²) in [5.74, 6) is -0.222. The van der Waals surface area contributed by atoms with E-state index in [9.17, 15) is 4.79 Å². The monoisotopic (exact) mass is 379 g/mol. The topological polar surface area (TPSA) is 104 Å². The highest BCUT2D eigenvalue weighted by Crippen LogP contribution is 2.27. The Kier molecular flexibility index (Phi) is 4.42. The van der Waals surface area contributed by atoms with Crippen LogP contribution in [0.2, 0.25) is 0 Å².